The largest absolute Gasteiger partial charge is 0.341 e. The molecule has 4 heterocycles. The molecule has 0 spiro atoms. The normalized spacial score (nSPS) is 23.8. The summed E-state index contributed by atoms with van der Waals surface area (Å²) in [5, 5.41) is 28.3. The predicted molar refractivity (Wildman–Crippen MR) is 127 cm³/mol. The lowest BCUT2D eigenvalue weighted by atomic mass is 10.0. The van der Waals surface area contributed by atoms with Crippen LogP contribution in [0.15, 0.2) is 51.3 Å². The van der Waals surface area contributed by atoms with Gasteiger partial charge in [0, 0.05) is 44.9 Å². The molecule has 12 nitrogen and oxygen atoms in total. The molecule has 3 aliphatic rings. The van der Waals surface area contributed by atoms with Crippen molar-refractivity contribution >= 4 is 24.2 Å². The van der Waals surface area contributed by atoms with Gasteiger partial charge in [-0.15, -0.1) is 0 Å². The summed E-state index contributed by atoms with van der Waals surface area (Å²) in [5.41, 5.74) is -0.0736. The maximum atomic E-state index is 14.4. The number of hydrazone groups is 1. The van der Waals surface area contributed by atoms with Crippen LogP contribution in [0.25, 0.3) is 5.70 Å². The zero-order valence-corrected chi connectivity index (χ0v) is 19.3. The van der Waals surface area contributed by atoms with Crippen LogP contribution in [-0.2, 0) is 0 Å². The van der Waals surface area contributed by atoms with Gasteiger partial charge in [-0.1, -0.05) is 0 Å². The molecular weight excluding hydrogens is 488 g/mol. The SMILES string of the molecule is N#Cc1cc(F)cc([C@@H]2CC=NN2C(=O)N2CCN(C3(O)N=CC(F)=C(c4cc(=O)[nH]cn4)N3)CC2)c1. The fourth-order valence-corrected chi connectivity index (χ4v) is 4.42. The maximum Gasteiger partial charge on any atom is 0.341 e. The number of nitrogens with zero attached hydrogens (tertiary/aromatic N) is 7. The molecule has 1 saturated heterocycles. The lowest BCUT2D eigenvalue weighted by Gasteiger charge is -2.44. The zero-order valence-electron chi connectivity index (χ0n) is 19.3. The Balaban J connectivity index is 1.26. The van der Waals surface area contributed by atoms with Gasteiger partial charge in [-0.3, -0.25) is 4.79 Å². The number of aliphatic hydroxyl groups is 1. The number of amides is 2. The topological polar surface area (TPSA) is 153 Å². The van der Waals surface area contributed by atoms with E-state index in [9.17, 15) is 23.5 Å². The van der Waals surface area contributed by atoms with Crippen molar-refractivity contribution in [2.75, 3.05) is 26.2 Å². The minimum Gasteiger partial charge on any atom is -0.340 e. The molecule has 1 aromatic carbocycles. The second kappa shape index (κ2) is 9.52. The highest BCUT2D eigenvalue weighted by Crippen LogP contribution is 2.31. The first-order valence-corrected chi connectivity index (χ1v) is 11.3. The van der Waals surface area contributed by atoms with E-state index in [0.29, 0.717) is 12.0 Å². The number of nitrogens with one attached hydrogen (secondary N) is 2. The van der Waals surface area contributed by atoms with Crippen molar-refractivity contribution in [3.8, 4) is 6.07 Å². The first kappa shape index (κ1) is 24.2. The van der Waals surface area contributed by atoms with E-state index in [1.807, 2.05) is 6.07 Å². The number of halogens is 2. The number of carbonyl (C=O) groups is 1. The number of rotatable bonds is 3. The number of carbonyl (C=O) groups excluding carboxylic acids is 1. The molecule has 3 aliphatic heterocycles. The van der Waals surface area contributed by atoms with Crippen LogP contribution >= 0.6 is 0 Å². The molecule has 14 heteroatoms. The number of urea groups is 1. The molecule has 3 N–H and O–H groups in total. The van der Waals surface area contributed by atoms with Crippen LogP contribution in [0, 0.1) is 17.1 Å². The molecule has 190 valence electrons. The fraction of sp³-hybridized carbons (Fsp3) is 0.304. The number of H-pyrrole nitrogens is 1. The number of piperazine rings is 1. The van der Waals surface area contributed by atoms with Gasteiger partial charge in [-0.25, -0.2) is 33.5 Å². The number of hydrogen-bond acceptors (Lipinski definition) is 9. The lowest BCUT2D eigenvalue weighted by molar-refractivity contribution is -0.129. The van der Waals surface area contributed by atoms with Crippen LogP contribution in [0.2, 0.25) is 0 Å². The maximum absolute atomic E-state index is 14.4. The number of hydrogen-bond donors (Lipinski definition) is 3. The van der Waals surface area contributed by atoms with Gasteiger partial charge in [0.05, 0.1) is 35.9 Å². The van der Waals surface area contributed by atoms with Crippen molar-refractivity contribution < 1.29 is 18.7 Å². The van der Waals surface area contributed by atoms with Gasteiger partial charge in [-0.2, -0.15) is 10.4 Å². The third-order valence-corrected chi connectivity index (χ3v) is 6.27. The number of aliphatic imine (C=N–C) groups is 1. The van der Waals surface area contributed by atoms with E-state index in [2.05, 4.69) is 25.4 Å². The summed E-state index contributed by atoms with van der Waals surface area (Å²) in [7, 11) is 0. The Morgan fingerprint density at radius 1 is 1.19 bits per heavy atom. The van der Waals surface area contributed by atoms with Crippen molar-refractivity contribution in [1.29, 1.82) is 5.26 Å². The van der Waals surface area contributed by atoms with Gasteiger partial charge in [0.1, 0.15) is 11.5 Å². The third kappa shape index (κ3) is 4.69. The quantitative estimate of drug-likeness (QED) is 0.555. The highest BCUT2D eigenvalue weighted by atomic mass is 19.1. The molecule has 1 unspecified atom stereocenters. The summed E-state index contributed by atoms with van der Waals surface area (Å²) in [6.45, 7) is 0.721. The van der Waals surface area contributed by atoms with Gasteiger partial charge in [0.25, 0.3) is 5.56 Å². The van der Waals surface area contributed by atoms with Crippen molar-refractivity contribution in [3.05, 3.63) is 69.4 Å². The molecule has 2 aromatic rings. The second-order valence-corrected chi connectivity index (χ2v) is 8.57. The van der Waals surface area contributed by atoms with Gasteiger partial charge < -0.3 is 20.3 Å². The van der Waals surface area contributed by atoms with E-state index in [1.165, 1.54) is 26.9 Å². The molecule has 1 aromatic heterocycles. The fourth-order valence-electron chi connectivity index (χ4n) is 4.42. The summed E-state index contributed by atoms with van der Waals surface area (Å²) in [5.74, 6) is -3.39. The summed E-state index contributed by atoms with van der Waals surface area (Å²) in [4.78, 5) is 38.1. The standard InChI is InChI=1S/C23H21F2N9O3/c24-16-8-14(11-26)7-15(9-16)19-1-2-30-34(19)22(36)32-3-5-33(6-4-32)23(37)29-12-17(25)21(31-23)18-10-20(35)28-13-27-18/h2,7-10,12-13,19,31,37H,1,3-6H2,(H,27,28,35)/t19-,23?/m0/s1. The minimum atomic E-state index is -2.02. The molecular formula is C23H21F2N9O3. The van der Waals surface area contributed by atoms with Gasteiger partial charge in [0.15, 0.2) is 5.83 Å². The smallest absolute Gasteiger partial charge is 0.340 e. The summed E-state index contributed by atoms with van der Waals surface area (Å²) >= 11 is 0. The van der Waals surface area contributed by atoms with Gasteiger partial charge in [-0.05, 0) is 23.8 Å². The van der Waals surface area contributed by atoms with E-state index in [1.54, 1.807) is 6.21 Å². The molecule has 37 heavy (non-hydrogen) atoms. The number of benzene rings is 1. The third-order valence-electron chi connectivity index (χ3n) is 6.27. The van der Waals surface area contributed by atoms with Gasteiger partial charge in [0.2, 0.25) is 0 Å². The molecule has 5 rings (SSSR count). The highest BCUT2D eigenvalue weighted by molar-refractivity contribution is 5.89. The van der Waals surface area contributed by atoms with E-state index in [0.717, 1.165) is 24.7 Å². The summed E-state index contributed by atoms with van der Waals surface area (Å²) < 4.78 is 28.4. The Bertz CT molecular complexity index is 1430. The van der Waals surface area contributed by atoms with Crippen LogP contribution in [0.4, 0.5) is 13.6 Å². The monoisotopic (exact) mass is 509 g/mol. The minimum absolute atomic E-state index is 0.00511. The van der Waals surface area contributed by atoms with Crippen LogP contribution in [0.3, 0.4) is 0 Å². The Kier molecular flexibility index (Phi) is 6.24. The summed E-state index contributed by atoms with van der Waals surface area (Å²) in [6.07, 6.45) is 3.90. The van der Waals surface area contributed by atoms with E-state index in [4.69, 9.17) is 5.26 Å². The Morgan fingerprint density at radius 2 is 1.97 bits per heavy atom. The van der Waals surface area contributed by atoms with Crippen LogP contribution in [0.1, 0.15) is 29.3 Å². The molecule has 0 radical (unpaired) electrons. The van der Waals surface area contributed by atoms with E-state index >= 15 is 0 Å². The molecule has 2 amide bonds. The molecule has 1 fully saturated rings. The first-order valence-electron chi connectivity index (χ1n) is 11.3. The first-order chi connectivity index (χ1) is 17.8. The second-order valence-electron chi connectivity index (χ2n) is 8.57. The predicted octanol–water partition coefficient (Wildman–Crippen LogP) is 0.867. The van der Waals surface area contributed by atoms with Crippen LogP contribution in [0.5, 0.6) is 0 Å². The highest BCUT2D eigenvalue weighted by Gasteiger charge is 2.41. The average Bonchev–Trinajstić information content (AvgIpc) is 3.39. The summed E-state index contributed by atoms with van der Waals surface area (Å²) in [6, 6.07) is 5.96. The Morgan fingerprint density at radius 3 is 2.70 bits per heavy atom. The average molecular weight is 509 g/mol. The number of nitriles is 1. The number of aromatic nitrogens is 2. The van der Waals surface area contributed by atoms with E-state index < -0.39 is 35.2 Å². The van der Waals surface area contributed by atoms with Crippen molar-refractivity contribution in [1.82, 2.24) is 30.1 Å². The molecule has 0 aliphatic carbocycles. The van der Waals surface area contributed by atoms with Crippen molar-refractivity contribution in [3.63, 3.8) is 0 Å². The Labute approximate surface area is 208 Å². The van der Waals surface area contributed by atoms with Crippen LogP contribution in [-0.4, -0.2) is 80.5 Å². The van der Waals surface area contributed by atoms with E-state index in [-0.39, 0.29) is 43.1 Å². The van der Waals surface area contributed by atoms with Crippen LogP contribution < -0.4 is 10.9 Å². The molecule has 2 atom stereocenters. The van der Waals surface area contributed by atoms with Gasteiger partial charge >= 0.3 is 12.0 Å². The molecule has 0 bridgehead atoms. The van der Waals surface area contributed by atoms with Crippen molar-refractivity contribution in [2.24, 2.45) is 10.1 Å². The van der Waals surface area contributed by atoms with Crippen molar-refractivity contribution in [2.45, 2.75) is 18.4 Å². The zero-order chi connectivity index (χ0) is 26.2. The molecule has 0 saturated carbocycles. The lowest BCUT2D eigenvalue weighted by Crippen LogP contribution is -2.64. The number of allylic oxidation sites excluding steroid dienone is 1. The Hall–Kier alpha value is -4.48. The number of aromatic amines is 1.